The van der Waals surface area contributed by atoms with Crippen molar-refractivity contribution >= 4 is 23.5 Å². The quantitative estimate of drug-likeness (QED) is 0.795. The Hall–Kier alpha value is -3.15. The molecule has 0 aliphatic heterocycles. The highest BCUT2D eigenvalue weighted by atomic mass is 16.5. The van der Waals surface area contributed by atoms with E-state index in [0.717, 1.165) is 5.56 Å². The molecule has 2 aromatic carbocycles. The number of hydrogen-bond acceptors (Lipinski definition) is 4. The summed E-state index contributed by atoms with van der Waals surface area (Å²) < 4.78 is 4.63. The molecule has 0 fully saturated rings. The van der Waals surface area contributed by atoms with Gasteiger partial charge in [0.05, 0.1) is 23.9 Å². The van der Waals surface area contributed by atoms with Crippen LogP contribution >= 0.6 is 0 Å². The molecule has 0 spiro atoms. The molecule has 2 amide bonds. The number of carbonyl (C=O) groups is 3. The molecule has 0 heterocycles. The lowest BCUT2D eigenvalue weighted by Crippen LogP contribution is -2.18. The molecule has 0 saturated carbocycles. The highest BCUT2D eigenvalue weighted by molar-refractivity contribution is 6.03. The summed E-state index contributed by atoms with van der Waals surface area (Å²) in [5, 5.41) is 2.69. The van der Waals surface area contributed by atoms with E-state index in [1.54, 1.807) is 48.5 Å². The highest BCUT2D eigenvalue weighted by Gasteiger charge is 2.10. The summed E-state index contributed by atoms with van der Waals surface area (Å²) >= 11 is 0. The summed E-state index contributed by atoms with van der Waals surface area (Å²) in [4.78, 5) is 34.7. The van der Waals surface area contributed by atoms with Gasteiger partial charge in [0.15, 0.2) is 0 Å². The number of nitrogens with two attached hydrogens (primary N) is 1. The molecular formula is C18H18N2O4. The zero-order valence-corrected chi connectivity index (χ0v) is 13.2. The molecule has 6 nitrogen and oxygen atoms in total. The molecule has 0 bridgehead atoms. The van der Waals surface area contributed by atoms with Gasteiger partial charge in [0.25, 0.3) is 5.91 Å². The molecule has 0 unspecified atom stereocenters. The fourth-order valence-corrected chi connectivity index (χ4v) is 2.20. The Bertz CT molecular complexity index is 754. The highest BCUT2D eigenvalue weighted by Crippen LogP contribution is 2.15. The summed E-state index contributed by atoms with van der Waals surface area (Å²) in [5.41, 5.74) is 7.32. The minimum atomic E-state index is -0.593. The van der Waals surface area contributed by atoms with Crippen molar-refractivity contribution in [3.8, 4) is 0 Å². The lowest BCUT2D eigenvalue weighted by molar-refractivity contribution is -0.116. The van der Waals surface area contributed by atoms with Crippen LogP contribution in [0.5, 0.6) is 0 Å². The van der Waals surface area contributed by atoms with E-state index in [0.29, 0.717) is 17.7 Å². The van der Waals surface area contributed by atoms with Crippen LogP contribution in [0.2, 0.25) is 0 Å². The van der Waals surface area contributed by atoms with Gasteiger partial charge in [-0.3, -0.25) is 9.59 Å². The zero-order valence-electron chi connectivity index (χ0n) is 13.2. The average Bonchev–Trinajstić information content (AvgIpc) is 2.60. The number of carbonyl (C=O) groups excluding carboxylic acids is 3. The van der Waals surface area contributed by atoms with Crippen molar-refractivity contribution in [1.29, 1.82) is 0 Å². The molecule has 24 heavy (non-hydrogen) atoms. The van der Waals surface area contributed by atoms with Gasteiger partial charge in [-0.2, -0.15) is 0 Å². The lowest BCUT2D eigenvalue weighted by atomic mass is 10.1. The van der Waals surface area contributed by atoms with E-state index in [1.165, 1.54) is 7.11 Å². The Morgan fingerprint density at radius 1 is 1.04 bits per heavy atom. The number of amides is 2. The number of anilines is 1. The van der Waals surface area contributed by atoms with Crippen LogP contribution in [0.1, 0.15) is 32.7 Å². The van der Waals surface area contributed by atoms with Gasteiger partial charge >= 0.3 is 5.97 Å². The number of aryl methyl sites for hydroxylation is 1. The van der Waals surface area contributed by atoms with Gasteiger partial charge < -0.3 is 15.8 Å². The van der Waals surface area contributed by atoms with Gasteiger partial charge in [0.2, 0.25) is 5.91 Å². The third-order valence-electron chi connectivity index (χ3n) is 3.48. The zero-order chi connectivity index (χ0) is 17.5. The van der Waals surface area contributed by atoms with Crippen LogP contribution in [0.4, 0.5) is 5.69 Å². The topological polar surface area (TPSA) is 98.5 Å². The second-order valence-electron chi connectivity index (χ2n) is 5.15. The first kappa shape index (κ1) is 17.2. The van der Waals surface area contributed by atoms with Crippen LogP contribution in [0.15, 0.2) is 48.5 Å². The number of ether oxygens (including phenoxy) is 1. The fourth-order valence-electron chi connectivity index (χ4n) is 2.20. The Morgan fingerprint density at radius 2 is 1.71 bits per heavy atom. The number of methoxy groups -OCH3 is 1. The average molecular weight is 326 g/mol. The number of para-hydroxylation sites is 1. The predicted molar refractivity (Wildman–Crippen MR) is 89.7 cm³/mol. The number of benzene rings is 2. The molecule has 2 aromatic rings. The van der Waals surface area contributed by atoms with Crippen LogP contribution in [-0.2, 0) is 16.0 Å². The van der Waals surface area contributed by atoms with Gasteiger partial charge in [-0.25, -0.2) is 4.79 Å². The van der Waals surface area contributed by atoms with Crippen LogP contribution in [0, 0.1) is 0 Å². The SMILES string of the molecule is COC(=O)c1ccc(CCC(=O)Nc2ccccc2C(N)=O)cc1. The minimum absolute atomic E-state index is 0.222. The van der Waals surface area contributed by atoms with Gasteiger partial charge in [-0.15, -0.1) is 0 Å². The van der Waals surface area contributed by atoms with Crippen molar-refractivity contribution in [2.24, 2.45) is 5.73 Å². The van der Waals surface area contributed by atoms with Crippen molar-refractivity contribution in [3.63, 3.8) is 0 Å². The van der Waals surface area contributed by atoms with Gasteiger partial charge in [0.1, 0.15) is 0 Å². The molecule has 0 aliphatic rings. The van der Waals surface area contributed by atoms with E-state index >= 15 is 0 Å². The van der Waals surface area contributed by atoms with E-state index in [4.69, 9.17) is 5.73 Å². The maximum absolute atomic E-state index is 12.0. The summed E-state index contributed by atoms with van der Waals surface area (Å²) in [7, 11) is 1.32. The van der Waals surface area contributed by atoms with E-state index in [1.807, 2.05) is 0 Å². The van der Waals surface area contributed by atoms with Crippen molar-refractivity contribution in [2.45, 2.75) is 12.8 Å². The van der Waals surface area contributed by atoms with E-state index in [9.17, 15) is 14.4 Å². The first-order valence-electron chi connectivity index (χ1n) is 7.37. The maximum Gasteiger partial charge on any atom is 0.337 e. The van der Waals surface area contributed by atoms with Gasteiger partial charge in [-0.05, 0) is 36.2 Å². The summed E-state index contributed by atoms with van der Waals surface area (Å²) in [6.45, 7) is 0. The first-order valence-corrected chi connectivity index (χ1v) is 7.37. The molecule has 0 aromatic heterocycles. The second kappa shape index (κ2) is 7.92. The van der Waals surface area contributed by atoms with Crippen LogP contribution < -0.4 is 11.1 Å². The maximum atomic E-state index is 12.0. The summed E-state index contributed by atoms with van der Waals surface area (Å²) in [6, 6.07) is 13.4. The molecule has 0 aliphatic carbocycles. The normalized spacial score (nSPS) is 10.0. The Labute approximate surface area is 139 Å². The number of hydrogen-bond donors (Lipinski definition) is 2. The van der Waals surface area contributed by atoms with E-state index in [-0.39, 0.29) is 17.9 Å². The van der Waals surface area contributed by atoms with Gasteiger partial charge in [-0.1, -0.05) is 24.3 Å². The number of rotatable bonds is 6. The first-order chi connectivity index (χ1) is 11.5. The fraction of sp³-hybridized carbons (Fsp3) is 0.167. The molecule has 0 atom stereocenters. The monoisotopic (exact) mass is 326 g/mol. The van der Waals surface area contributed by atoms with Crippen LogP contribution in [0.25, 0.3) is 0 Å². The minimum Gasteiger partial charge on any atom is -0.465 e. The van der Waals surface area contributed by atoms with Crippen molar-refractivity contribution in [1.82, 2.24) is 0 Å². The number of esters is 1. The molecule has 2 rings (SSSR count). The lowest BCUT2D eigenvalue weighted by Gasteiger charge is -2.09. The summed E-state index contributed by atoms with van der Waals surface area (Å²) in [6.07, 6.45) is 0.747. The molecule has 6 heteroatoms. The molecule has 3 N–H and O–H groups in total. The Kier molecular flexibility index (Phi) is 5.68. The van der Waals surface area contributed by atoms with E-state index in [2.05, 4.69) is 10.1 Å². The van der Waals surface area contributed by atoms with Crippen LogP contribution in [0.3, 0.4) is 0 Å². The predicted octanol–water partition coefficient (Wildman–Crippen LogP) is 2.14. The van der Waals surface area contributed by atoms with Crippen molar-refractivity contribution in [2.75, 3.05) is 12.4 Å². The van der Waals surface area contributed by atoms with E-state index < -0.39 is 11.9 Å². The largest absolute Gasteiger partial charge is 0.465 e. The van der Waals surface area contributed by atoms with Crippen LogP contribution in [-0.4, -0.2) is 24.9 Å². The second-order valence-corrected chi connectivity index (χ2v) is 5.15. The third-order valence-corrected chi connectivity index (χ3v) is 3.48. The smallest absolute Gasteiger partial charge is 0.337 e. The molecule has 124 valence electrons. The number of primary amides is 1. The molecule has 0 radical (unpaired) electrons. The summed E-state index contributed by atoms with van der Waals surface area (Å²) in [5.74, 6) is -1.22. The standard InChI is InChI=1S/C18H18N2O4/c1-24-18(23)13-9-6-12(7-10-13)8-11-16(21)20-15-5-3-2-4-14(15)17(19)22/h2-7,9-10H,8,11H2,1H3,(H2,19,22)(H,20,21). The number of nitrogens with one attached hydrogen (secondary N) is 1. The van der Waals surface area contributed by atoms with Crippen molar-refractivity contribution in [3.05, 3.63) is 65.2 Å². The third kappa shape index (κ3) is 4.42. The molecular weight excluding hydrogens is 308 g/mol. The van der Waals surface area contributed by atoms with Crippen molar-refractivity contribution < 1.29 is 19.1 Å². The van der Waals surface area contributed by atoms with Gasteiger partial charge in [0, 0.05) is 6.42 Å². The Balaban J connectivity index is 1.94. The molecule has 0 saturated heterocycles. The Morgan fingerprint density at radius 3 is 2.33 bits per heavy atom.